The fourth-order valence-electron chi connectivity index (χ4n) is 3.20. The maximum atomic E-state index is 13.2. The van der Waals surface area contributed by atoms with Gasteiger partial charge in [0.15, 0.2) is 0 Å². The van der Waals surface area contributed by atoms with Crippen LogP contribution < -0.4 is 20.4 Å². The summed E-state index contributed by atoms with van der Waals surface area (Å²) in [7, 11) is 0. The monoisotopic (exact) mass is 415 g/mol. The van der Waals surface area contributed by atoms with Crippen LogP contribution >= 0.6 is 0 Å². The first-order valence-electron chi connectivity index (χ1n) is 9.92. The topological polar surface area (TPSA) is 77.8 Å². The molecule has 6 nitrogen and oxygen atoms in total. The summed E-state index contributed by atoms with van der Waals surface area (Å²) in [6.07, 6.45) is -0.927. The SMILES string of the molecule is CCOc1ccccc1NC(=O)[C@H](Oc1ccc2ccc(=O)oc2c1)c1ccccc1. The molecule has 0 aliphatic rings. The van der Waals surface area contributed by atoms with Gasteiger partial charge in [0.2, 0.25) is 6.10 Å². The van der Waals surface area contributed by atoms with Gasteiger partial charge in [0.25, 0.3) is 5.91 Å². The quantitative estimate of drug-likeness (QED) is 0.432. The molecular formula is C25H21NO5. The van der Waals surface area contributed by atoms with Crippen molar-refractivity contribution in [2.24, 2.45) is 0 Å². The molecule has 1 aromatic heterocycles. The second kappa shape index (κ2) is 9.17. The van der Waals surface area contributed by atoms with Crippen LogP contribution in [0.25, 0.3) is 11.0 Å². The molecule has 1 N–H and O–H groups in total. The molecule has 0 aliphatic heterocycles. The number of carbonyl (C=O) groups is 1. The average molecular weight is 415 g/mol. The molecule has 4 aromatic rings. The molecule has 0 spiro atoms. The molecule has 0 unspecified atom stereocenters. The van der Waals surface area contributed by atoms with Crippen LogP contribution in [-0.2, 0) is 4.79 Å². The first-order valence-corrected chi connectivity index (χ1v) is 9.92. The zero-order valence-electron chi connectivity index (χ0n) is 16.9. The Labute approximate surface area is 179 Å². The maximum absolute atomic E-state index is 13.2. The van der Waals surface area contributed by atoms with Crippen molar-refractivity contribution in [1.29, 1.82) is 0 Å². The maximum Gasteiger partial charge on any atom is 0.336 e. The standard InChI is InChI=1S/C25H21NO5/c1-2-29-21-11-7-6-10-20(21)26-25(28)24(18-8-4-3-5-9-18)30-19-14-12-17-13-15-23(27)31-22(17)16-19/h3-16,24H,2H2,1H3,(H,26,28)/t24-/m1/s1. The summed E-state index contributed by atoms with van der Waals surface area (Å²) in [6, 6.07) is 24.6. The van der Waals surface area contributed by atoms with Gasteiger partial charge in [-0.1, -0.05) is 42.5 Å². The first-order chi connectivity index (χ1) is 15.1. The van der Waals surface area contributed by atoms with Gasteiger partial charge in [0, 0.05) is 23.1 Å². The molecule has 6 heteroatoms. The molecule has 0 aliphatic carbocycles. The van der Waals surface area contributed by atoms with Gasteiger partial charge in [-0.15, -0.1) is 0 Å². The van der Waals surface area contributed by atoms with Gasteiger partial charge >= 0.3 is 5.63 Å². The largest absolute Gasteiger partial charge is 0.492 e. The van der Waals surface area contributed by atoms with Crippen molar-refractivity contribution in [1.82, 2.24) is 0 Å². The van der Waals surface area contributed by atoms with Gasteiger partial charge in [-0.05, 0) is 37.3 Å². The van der Waals surface area contributed by atoms with E-state index in [1.165, 1.54) is 6.07 Å². The lowest BCUT2D eigenvalue weighted by Crippen LogP contribution is -2.26. The molecule has 0 bridgehead atoms. The number of hydrogen-bond donors (Lipinski definition) is 1. The third kappa shape index (κ3) is 4.75. The van der Waals surface area contributed by atoms with Crippen LogP contribution in [0, 0.1) is 0 Å². The number of rotatable bonds is 7. The van der Waals surface area contributed by atoms with Crippen LogP contribution in [0.1, 0.15) is 18.6 Å². The molecular weight excluding hydrogens is 394 g/mol. The predicted molar refractivity (Wildman–Crippen MR) is 119 cm³/mol. The zero-order chi connectivity index (χ0) is 21.6. The van der Waals surface area contributed by atoms with E-state index in [-0.39, 0.29) is 5.91 Å². The van der Waals surface area contributed by atoms with Crippen LogP contribution in [0.15, 0.2) is 94.1 Å². The Balaban J connectivity index is 1.65. The van der Waals surface area contributed by atoms with E-state index in [0.29, 0.717) is 34.9 Å². The number of ether oxygens (including phenoxy) is 2. The summed E-state index contributed by atoms with van der Waals surface area (Å²) in [6.45, 7) is 2.36. The van der Waals surface area contributed by atoms with Crippen molar-refractivity contribution in [3.8, 4) is 11.5 Å². The molecule has 1 heterocycles. The molecule has 0 saturated carbocycles. The minimum absolute atomic E-state index is 0.354. The average Bonchev–Trinajstić information content (AvgIpc) is 2.79. The van der Waals surface area contributed by atoms with Crippen molar-refractivity contribution >= 4 is 22.6 Å². The third-order valence-electron chi connectivity index (χ3n) is 4.63. The van der Waals surface area contributed by atoms with Gasteiger partial charge < -0.3 is 19.2 Å². The second-order valence-electron chi connectivity index (χ2n) is 6.78. The second-order valence-corrected chi connectivity index (χ2v) is 6.78. The van der Waals surface area contributed by atoms with Crippen LogP contribution in [0.5, 0.6) is 11.5 Å². The van der Waals surface area contributed by atoms with E-state index in [0.717, 1.165) is 5.39 Å². The lowest BCUT2D eigenvalue weighted by Gasteiger charge is -2.20. The van der Waals surface area contributed by atoms with Gasteiger partial charge in [0.05, 0.1) is 12.3 Å². The summed E-state index contributed by atoms with van der Waals surface area (Å²) in [5, 5.41) is 3.66. The number of fused-ring (bicyclic) bond motifs is 1. The van der Waals surface area contributed by atoms with Crippen LogP contribution in [0.2, 0.25) is 0 Å². The molecule has 31 heavy (non-hydrogen) atoms. The van der Waals surface area contributed by atoms with E-state index >= 15 is 0 Å². The Morgan fingerprint density at radius 3 is 2.52 bits per heavy atom. The highest BCUT2D eigenvalue weighted by atomic mass is 16.5. The van der Waals surface area contributed by atoms with Gasteiger partial charge in [-0.3, -0.25) is 4.79 Å². The van der Waals surface area contributed by atoms with Crippen molar-refractivity contribution < 1.29 is 18.7 Å². The predicted octanol–water partition coefficient (Wildman–Crippen LogP) is 4.95. The van der Waals surface area contributed by atoms with Gasteiger partial charge in [-0.25, -0.2) is 4.79 Å². The highest BCUT2D eigenvalue weighted by molar-refractivity contribution is 5.96. The summed E-state index contributed by atoms with van der Waals surface area (Å²) in [5.41, 5.74) is 1.18. The Hall–Kier alpha value is -4.06. The number of nitrogens with one attached hydrogen (secondary N) is 1. The van der Waals surface area contributed by atoms with Crippen molar-refractivity contribution in [3.63, 3.8) is 0 Å². The number of hydrogen-bond acceptors (Lipinski definition) is 5. The molecule has 0 radical (unpaired) electrons. The van der Waals surface area contributed by atoms with E-state index in [1.54, 1.807) is 36.4 Å². The molecule has 4 rings (SSSR count). The summed E-state index contributed by atoms with van der Waals surface area (Å²) >= 11 is 0. The highest BCUT2D eigenvalue weighted by Crippen LogP contribution is 2.29. The number of carbonyl (C=O) groups excluding carboxylic acids is 1. The first kappa shape index (κ1) is 20.2. The summed E-state index contributed by atoms with van der Waals surface area (Å²) in [5.74, 6) is 0.634. The minimum Gasteiger partial charge on any atom is -0.492 e. The summed E-state index contributed by atoms with van der Waals surface area (Å²) < 4.78 is 16.9. The lowest BCUT2D eigenvalue weighted by atomic mass is 10.1. The van der Waals surface area contributed by atoms with E-state index < -0.39 is 11.7 Å². The number of amides is 1. The zero-order valence-corrected chi connectivity index (χ0v) is 16.9. The van der Waals surface area contributed by atoms with E-state index in [1.807, 2.05) is 49.4 Å². The van der Waals surface area contributed by atoms with E-state index in [2.05, 4.69) is 5.32 Å². The number of para-hydroxylation sites is 2. The molecule has 3 aromatic carbocycles. The Morgan fingerprint density at radius 1 is 0.968 bits per heavy atom. The summed E-state index contributed by atoms with van der Waals surface area (Å²) in [4.78, 5) is 24.8. The van der Waals surface area contributed by atoms with E-state index in [4.69, 9.17) is 13.9 Å². The van der Waals surface area contributed by atoms with Crippen LogP contribution in [0.4, 0.5) is 5.69 Å². The van der Waals surface area contributed by atoms with Gasteiger partial charge in [-0.2, -0.15) is 0 Å². The Bertz CT molecular complexity index is 1250. The van der Waals surface area contributed by atoms with Crippen LogP contribution in [-0.4, -0.2) is 12.5 Å². The Kier molecular flexibility index (Phi) is 5.98. The van der Waals surface area contributed by atoms with Crippen molar-refractivity contribution in [3.05, 3.63) is 101 Å². The number of anilines is 1. The van der Waals surface area contributed by atoms with Gasteiger partial charge in [0.1, 0.15) is 17.1 Å². The molecule has 1 amide bonds. The normalized spacial score (nSPS) is 11.6. The van der Waals surface area contributed by atoms with Crippen molar-refractivity contribution in [2.75, 3.05) is 11.9 Å². The molecule has 0 saturated heterocycles. The molecule has 156 valence electrons. The van der Waals surface area contributed by atoms with Crippen LogP contribution in [0.3, 0.4) is 0 Å². The van der Waals surface area contributed by atoms with E-state index in [9.17, 15) is 9.59 Å². The minimum atomic E-state index is -0.927. The fraction of sp³-hybridized carbons (Fsp3) is 0.120. The smallest absolute Gasteiger partial charge is 0.336 e. The molecule has 0 fully saturated rings. The molecule has 1 atom stereocenters. The third-order valence-corrected chi connectivity index (χ3v) is 4.63. The fourth-order valence-corrected chi connectivity index (χ4v) is 3.20. The van der Waals surface area contributed by atoms with Crippen molar-refractivity contribution in [2.45, 2.75) is 13.0 Å². The lowest BCUT2D eigenvalue weighted by molar-refractivity contribution is -0.123. The number of benzene rings is 3. The Morgan fingerprint density at radius 2 is 1.71 bits per heavy atom. The highest BCUT2D eigenvalue weighted by Gasteiger charge is 2.24.